The second-order valence-electron chi connectivity index (χ2n) is 4.23. The molecule has 5 heteroatoms. The van der Waals surface area contributed by atoms with E-state index in [1.807, 2.05) is 12.4 Å². The van der Waals surface area contributed by atoms with Gasteiger partial charge in [0.2, 0.25) is 0 Å². The van der Waals surface area contributed by atoms with Gasteiger partial charge in [0.05, 0.1) is 12.2 Å². The molecule has 1 saturated carbocycles. The van der Waals surface area contributed by atoms with Crippen LogP contribution in [0.25, 0.3) is 0 Å². The Bertz CT molecular complexity index is 436. The van der Waals surface area contributed by atoms with Gasteiger partial charge in [0, 0.05) is 12.4 Å². The maximum absolute atomic E-state index is 11.0. The van der Waals surface area contributed by atoms with Crippen LogP contribution in [0.4, 0.5) is 5.69 Å². The maximum atomic E-state index is 11.0. The van der Waals surface area contributed by atoms with Crippen molar-refractivity contribution in [2.75, 3.05) is 18.5 Å². The number of ether oxygens (including phenoxy) is 1. The van der Waals surface area contributed by atoms with Crippen LogP contribution in [0.2, 0.25) is 0 Å². The molecule has 2 heterocycles. The minimum absolute atomic E-state index is 0.0903. The number of carbonyl (C=O) groups is 1. The van der Waals surface area contributed by atoms with Gasteiger partial charge in [0.1, 0.15) is 5.60 Å². The predicted octanol–water partition coefficient (Wildman–Crippen LogP) is 1.81. The van der Waals surface area contributed by atoms with E-state index in [0.29, 0.717) is 10.6 Å². The van der Waals surface area contributed by atoms with Gasteiger partial charge in [-0.15, -0.1) is 11.3 Å². The summed E-state index contributed by atoms with van der Waals surface area (Å²) in [7, 11) is 1.99. The molecule has 1 fully saturated rings. The zero-order chi connectivity index (χ0) is 10.6. The van der Waals surface area contributed by atoms with Crippen molar-refractivity contribution in [3.63, 3.8) is 0 Å². The lowest BCUT2D eigenvalue weighted by molar-refractivity contribution is 0.0693. The van der Waals surface area contributed by atoms with Gasteiger partial charge >= 0.3 is 5.97 Å². The molecule has 0 saturated heterocycles. The molecule has 1 aliphatic heterocycles. The molecule has 3 rings (SSSR count). The van der Waals surface area contributed by atoms with Gasteiger partial charge in [-0.3, -0.25) is 0 Å². The summed E-state index contributed by atoms with van der Waals surface area (Å²) in [5, 5.41) is 10.9. The molecule has 0 radical (unpaired) electrons. The lowest BCUT2D eigenvalue weighted by atomic mass is 10.2. The molecule has 0 atom stereocenters. The lowest BCUT2D eigenvalue weighted by Gasteiger charge is -2.32. The molecule has 15 heavy (non-hydrogen) atoms. The third-order valence-corrected chi connectivity index (χ3v) is 3.92. The van der Waals surface area contributed by atoms with Crippen molar-refractivity contribution in [3.8, 4) is 5.75 Å². The van der Waals surface area contributed by atoms with E-state index in [4.69, 9.17) is 9.84 Å². The highest BCUT2D eigenvalue weighted by Gasteiger charge is 2.50. The Hall–Kier alpha value is -1.23. The average Bonchev–Trinajstić information content (AvgIpc) is 2.77. The van der Waals surface area contributed by atoms with Crippen molar-refractivity contribution in [1.29, 1.82) is 0 Å². The van der Waals surface area contributed by atoms with Crippen molar-refractivity contribution in [3.05, 3.63) is 10.3 Å². The minimum atomic E-state index is -0.896. The zero-order valence-electron chi connectivity index (χ0n) is 8.32. The highest BCUT2D eigenvalue weighted by Crippen LogP contribution is 2.51. The number of carboxylic acids is 1. The highest BCUT2D eigenvalue weighted by molar-refractivity contribution is 7.13. The predicted molar refractivity (Wildman–Crippen MR) is 57.1 cm³/mol. The number of aromatic carboxylic acids is 1. The van der Waals surface area contributed by atoms with E-state index in [1.54, 1.807) is 0 Å². The number of hydrogen-bond acceptors (Lipinski definition) is 4. The van der Waals surface area contributed by atoms with Gasteiger partial charge in [0.25, 0.3) is 0 Å². The van der Waals surface area contributed by atoms with Crippen LogP contribution in [0.3, 0.4) is 0 Å². The summed E-state index contributed by atoms with van der Waals surface area (Å²) in [5.74, 6) is -0.328. The quantitative estimate of drug-likeness (QED) is 0.792. The Balaban J connectivity index is 2.08. The van der Waals surface area contributed by atoms with Gasteiger partial charge in [-0.1, -0.05) is 0 Å². The number of carboxylic acid groups (broad SMARTS) is 1. The van der Waals surface area contributed by atoms with E-state index in [9.17, 15) is 4.79 Å². The molecular weight excluding hydrogens is 214 g/mol. The summed E-state index contributed by atoms with van der Waals surface area (Å²) >= 11 is 1.24. The first-order valence-corrected chi connectivity index (χ1v) is 5.74. The molecule has 0 bridgehead atoms. The standard InChI is InChI=1S/C10H11NO3S/c1-11-5-10(2-3-10)14-7-6(11)4-15-8(7)9(12)13/h4H,2-3,5H2,1H3,(H,12,13). The van der Waals surface area contributed by atoms with Crippen molar-refractivity contribution in [2.45, 2.75) is 18.4 Å². The van der Waals surface area contributed by atoms with Gasteiger partial charge < -0.3 is 14.7 Å². The summed E-state index contributed by atoms with van der Waals surface area (Å²) in [4.78, 5) is 13.4. The third kappa shape index (κ3) is 1.23. The first-order chi connectivity index (χ1) is 7.11. The second kappa shape index (κ2) is 2.66. The van der Waals surface area contributed by atoms with Crippen LogP contribution in [0.15, 0.2) is 5.38 Å². The Morgan fingerprint density at radius 3 is 3.00 bits per heavy atom. The van der Waals surface area contributed by atoms with Crippen LogP contribution < -0.4 is 9.64 Å². The molecular formula is C10H11NO3S. The normalized spacial score (nSPS) is 21.0. The van der Waals surface area contributed by atoms with E-state index in [1.165, 1.54) is 11.3 Å². The fourth-order valence-corrected chi connectivity index (χ4v) is 2.88. The van der Waals surface area contributed by atoms with Crippen LogP contribution in [0.1, 0.15) is 22.5 Å². The summed E-state index contributed by atoms with van der Waals surface area (Å²) in [6, 6.07) is 0. The van der Waals surface area contributed by atoms with Crippen molar-refractivity contribution < 1.29 is 14.6 Å². The van der Waals surface area contributed by atoms with Crippen molar-refractivity contribution in [2.24, 2.45) is 0 Å². The first-order valence-electron chi connectivity index (χ1n) is 4.86. The minimum Gasteiger partial charge on any atom is -0.481 e. The Morgan fingerprint density at radius 1 is 1.67 bits per heavy atom. The molecule has 80 valence electrons. The molecule has 0 aromatic carbocycles. The third-order valence-electron chi connectivity index (χ3n) is 2.98. The fraction of sp³-hybridized carbons (Fsp3) is 0.500. The van der Waals surface area contributed by atoms with Gasteiger partial charge in [-0.05, 0) is 12.8 Å². The topological polar surface area (TPSA) is 49.8 Å². The summed E-state index contributed by atoms with van der Waals surface area (Å²) in [6.07, 6.45) is 2.07. The summed E-state index contributed by atoms with van der Waals surface area (Å²) < 4.78 is 5.82. The van der Waals surface area contributed by atoms with Crippen LogP contribution >= 0.6 is 11.3 Å². The molecule has 0 amide bonds. The molecule has 1 spiro atoms. The summed E-state index contributed by atoms with van der Waals surface area (Å²) in [5.41, 5.74) is 0.822. The Morgan fingerprint density at radius 2 is 2.40 bits per heavy atom. The van der Waals surface area contributed by atoms with E-state index in [0.717, 1.165) is 25.1 Å². The molecule has 0 unspecified atom stereocenters. The molecule has 4 nitrogen and oxygen atoms in total. The lowest BCUT2D eigenvalue weighted by Crippen LogP contribution is -2.39. The Kier molecular flexibility index (Phi) is 1.60. The van der Waals surface area contributed by atoms with Gasteiger partial charge in [-0.2, -0.15) is 0 Å². The SMILES string of the molecule is CN1CC2(CC2)Oc2c1csc2C(=O)O. The average molecular weight is 225 g/mol. The number of rotatable bonds is 1. The number of nitrogens with zero attached hydrogens (tertiary/aromatic N) is 1. The van der Waals surface area contributed by atoms with Gasteiger partial charge in [0.15, 0.2) is 10.6 Å². The molecule has 1 aromatic heterocycles. The first kappa shape index (κ1) is 9.03. The highest BCUT2D eigenvalue weighted by atomic mass is 32.1. The molecule has 1 N–H and O–H groups in total. The number of fused-ring (bicyclic) bond motifs is 1. The van der Waals surface area contributed by atoms with E-state index in [-0.39, 0.29) is 5.60 Å². The molecule has 1 aliphatic carbocycles. The van der Waals surface area contributed by atoms with E-state index < -0.39 is 5.97 Å². The van der Waals surface area contributed by atoms with Crippen molar-refractivity contribution in [1.82, 2.24) is 0 Å². The number of thiophene rings is 1. The van der Waals surface area contributed by atoms with Crippen molar-refractivity contribution >= 4 is 23.0 Å². The van der Waals surface area contributed by atoms with Crippen LogP contribution in [-0.4, -0.2) is 30.3 Å². The summed E-state index contributed by atoms with van der Waals surface area (Å²) in [6.45, 7) is 0.871. The van der Waals surface area contributed by atoms with E-state index >= 15 is 0 Å². The largest absolute Gasteiger partial charge is 0.481 e. The van der Waals surface area contributed by atoms with Crippen LogP contribution in [0, 0.1) is 0 Å². The molecule has 1 aromatic rings. The monoisotopic (exact) mass is 225 g/mol. The van der Waals surface area contributed by atoms with Crippen LogP contribution in [0.5, 0.6) is 5.75 Å². The number of anilines is 1. The van der Waals surface area contributed by atoms with E-state index in [2.05, 4.69) is 4.90 Å². The van der Waals surface area contributed by atoms with Crippen LogP contribution in [-0.2, 0) is 0 Å². The zero-order valence-corrected chi connectivity index (χ0v) is 9.13. The molecule has 2 aliphatic rings. The number of likely N-dealkylation sites (N-methyl/N-ethyl adjacent to an activating group) is 1. The fourth-order valence-electron chi connectivity index (χ4n) is 2.01. The maximum Gasteiger partial charge on any atom is 0.349 e. The number of hydrogen-bond donors (Lipinski definition) is 1. The second-order valence-corrected chi connectivity index (χ2v) is 5.11. The Labute approximate surface area is 91.1 Å². The van der Waals surface area contributed by atoms with Gasteiger partial charge in [-0.25, -0.2) is 4.79 Å². The smallest absolute Gasteiger partial charge is 0.349 e.